The SMILES string of the molecule is CN(C)CCN(Cc1ccccc1)C(=O)Nc1ccc(CCC(=O)N2CCCC2)cc1. The second-order valence-electron chi connectivity index (χ2n) is 8.43. The summed E-state index contributed by atoms with van der Waals surface area (Å²) in [5.74, 6) is 0.243. The van der Waals surface area contributed by atoms with Crippen LogP contribution in [0.15, 0.2) is 54.6 Å². The van der Waals surface area contributed by atoms with Gasteiger partial charge in [0, 0.05) is 44.8 Å². The first kappa shape index (κ1) is 22.8. The average molecular weight is 423 g/mol. The molecule has 1 aliphatic rings. The van der Waals surface area contributed by atoms with Gasteiger partial charge in [0.2, 0.25) is 5.91 Å². The second kappa shape index (κ2) is 11.5. The molecule has 166 valence electrons. The molecule has 2 aromatic rings. The highest BCUT2D eigenvalue weighted by Gasteiger charge is 2.17. The summed E-state index contributed by atoms with van der Waals surface area (Å²) >= 11 is 0. The topological polar surface area (TPSA) is 55.9 Å². The number of carbonyl (C=O) groups is 2. The molecule has 0 aliphatic carbocycles. The number of urea groups is 1. The van der Waals surface area contributed by atoms with E-state index in [-0.39, 0.29) is 11.9 Å². The van der Waals surface area contributed by atoms with Crippen LogP contribution in [0.2, 0.25) is 0 Å². The van der Waals surface area contributed by atoms with Crippen LogP contribution in [-0.2, 0) is 17.8 Å². The molecule has 2 aromatic carbocycles. The van der Waals surface area contributed by atoms with Gasteiger partial charge < -0.3 is 20.0 Å². The first-order valence-corrected chi connectivity index (χ1v) is 11.1. The summed E-state index contributed by atoms with van der Waals surface area (Å²) in [7, 11) is 4.01. The van der Waals surface area contributed by atoms with Gasteiger partial charge in [-0.2, -0.15) is 0 Å². The molecule has 0 radical (unpaired) electrons. The van der Waals surface area contributed by atoms with Gasteiger partial charge in [-0.1, -0.05) is 42.5 Å². The van der Waals surface area contributed by atoms with Gasteiger partial charge in [-0.25, -0.2) is 4.79 Å². The number of nitrogens with zero attached hydrogens (tertiary/aromatic N) is 3. The van der Waals surface area contributed by atoms with E-state index in [0.29, 0.717) is 19.5 Å². The maximum absolute atomic E-state index is 12.9. The molecule has 3 amide bonds. The van der Waals surface area contributed by atoms with Crippen LogP contribution in [0.4, 0.5) is 10.5 Å². The predicted octanol–water partition coefficient (Wildman–Crippen LogP) is 3.84. The van der Waals surface area contributed by atoms with Gasteiger partial charge in [0.05, 0.1) is 0 Å². The molecule has 31 heavy (non-hydrogen) atoms. The molecule has 1 fully saturated rings. The molecular weight excluding hydrogens is 388 g/mol. The molecule has 6 heteroatoms. The summed E-state index contributed by atoms with van der Waals surface area (Å²) in [6.07, 6.45) is 3.51. The fraction of sp³-hybridized carbons (Fsp3) is 0.440. The number of rotatable bonds is 9. The molecule has 1 N–H and O–H groups in total. The molecule has 0 unspecified atom stereocenters. The summed E-state index contributed by atoms with van der Waals surface area (Å²) < 4.78 is 0. The van der Waals surface area contributed by atoms with Gasteiger partial charge in [-0.05, 0) is 56.6 Å². The van der Waals surface area contributed by atoms with Crippen molar-refractivity contribution < 1.29 is 9.59 Å². The number of benzene rings is 2. The maximum Gasteiger partial charge on any atom is 0.322 e. The molecule has 1 saturated heterocycles. The van der Waals surface area contributed by atoms with E-state index in [1.165, 1.54) is 0 Å². The predicted molar refractivity (Wildman–Crippen MR) is 125 cm³/mol. The van der Waals surface area contributed by atoms with Crippen molar-refractivity contribution in [2.24, 2.45) is 0 Å². The molecular formula is C25H34N4O2. The lowest BCUT2D eigenvalue weighted by Crippen LogP contribution is -2.39. The first-order chi connectivity index (χ1) is 15.0. The second-order valence-corrected chi connectivity index (χ2v) is 8.43. The number of hydrogen-bond acceptors (Lipinski definition) is 3. The Kier molecular flexibility index (Phi) is 8.47. The standard InChI is InChI=1S/C25H34N4O2/c1-27(2)18-19-29(20-22-8-4-3-5-9-22)25(31)26-23-13-10-21(11-14-23)12-15-24(30)28-16-6-7-17-28/h3-5,8-11,13-14H,6-7,12,15-20H2,1-2H3,(H,26,31). The molecule has 3 rings (SSSR count). The van der Waals surface area contributed by atoms with Crippen LogP contribution in [0, 0.1) is 0 Å². The molecule has 0 atom stereocenters. The van der Waals surface area contributed by atoms with E-state index in [1.807, 2.05) is 78.5 Å². The zero-order valence-corrected chi connectivity index (χ0v) is 18.7. The van der Waals surface area contributed by atoms with Crippen LogP contribution < -0.4 is 5.32 Å². The number of aryl methyl sites for hydroxylation is 1. The number of likely N-dealkylation sites (tertiary alicyclic amines) is 1. The van der Waals surface area contributed by atoms with Crippen molar-refractivity contribution in [2.45, 2.75) is 32.2 Å². The van der Waals surface area contributed by atoms with Crippen molar-refractivity contribution in [3.05, 3.63) is 65.7 Å². The lowest BCUT2D eigenvalue weighted by Gasteiger charge is -2.25. The lowest BCUT2D eigenvalue weighted by atomic mass is 10.1. The summed E-state index contributed by atoms with van der Waals surface area (Å²) in [6.45, 7) is 3.81. The van der Waals surface area contributed by atoms with Crippen LogP contribution in [0.1, 0.15) is 30.4 Å². The maximum atomic E-state index is 12.9. The zero-order valence-electron chi connectivity index (χ0n) is 18.7. The van der Waals surface area contributed by atoms with Crippen LogP contribution >= 0.6 is 0 Å². The highest BCUT2D eigenvalue weighted by molar-refractivity contribution is 5.89. The third-order valence-electron chi connectivity index (χ3n) is 5.61. The summed E-state index contributed by atoms with van der Waals surface area (Å²) in [4.78, 5) is 31.0. The van der Waals surface area contributed by atoms with Crippen LogP contribution in [-0.4, -0.2) is 66.9 Å². The Bertz CT molecular complexity index is 830. The van der Waals surface area contributed by atoms with E-state index >= 15 is 0 Å². The van der Waals surface area contributed by atoms with E-state index in [4.69, 9.17) is 0 Å². The number of hydrogen-bond donors (Lipinski definition) is 1. The molecule has 1 heterocycles. The number of nitrogens with one attached hydrogen (secondary N) is 1. The molecule has 0 spiro atoms. The van der Waals surface area contributed by atoms with E-state index in [0.717, 1.165) is 55.7 Å². The van der Waals surface area contributed by atoms with Gasteiger partial charge in [0.25, 0.3) is 0 Å². The molecule has 6 nitrogen and oxygen atoms in total. The van der Waals surface area contributed by atoms with Crippen molar-refractivity contribution in [1.29, 1.82) is 0 Å². The molecule has 0 bridgehead atoms. The Labute approximate surface area is 185 Å². The minimum absolute atomic E-state index is 0.109. The fourth-order valence-electron chi connectivity index (χ4n) is 3.71. The average Bonchev–Trinajstić information content (AvgIpc) is 3.31. The summed E-state index contributed by atoms with van der Waals surface area (Å²) in [6, 6.07) is 17.7. The Hall–Kier alpha value is -2.86. The highest BCUT2D eigenvalue weighted by atomic mass is 16.2. The number of likely N-dealkylation sites (N-methyl/N-ethyl adjacent to an activating group) is 1. The van der Waals surface area contributed by atoms with Crippen LogP contribution in [0.3, 0.4) is 0 Å². The minimum atomic E-state index is -0.109. The van der Waals surface area contributed by atoms with E-state index in [1.54, 1.807) is 0 Å². The number of anilines is 1. The first-order valence-electron chi connectivity index (χ1n) is 11.1. The van der Waals surface area contributed by atoms with E-state index in [9.17, 15) is 9.59 Å². The van der Waals surface area contributed by atoms with Crippen molar-refractivity contribution in [3.63, 3.8) is 0 Å². The van der Waals surface area contributed by atoms with Gasteiger partial charge in [0.1, 0.15) is 0 Å². The molecule has 1 aliphatic heterocycles. The Morgan fingerprint density at radius 3 is 2.23 bits per heavy atom. The Morgan fingerprint density at radius 2 is 1.58 bits per heavy atom. The summed E-state index contributed by atoms with van der Waals surface area (Å²) in [5.41, 5.74) is 2.98. The van der Waals surface area contributed by atoms with Crippen molar-refractivity contribution in [3.8, 4) is 0 Å². The largest absolute Gasteiger partial charge is 0.343 e. The third kappa shape index (κ3) is 7.40. The van der Waals surface area contributed by atoms with Crippen LogP contribution in [0.5, 0.6) is 0 Å². The highest BCUT2D eigenvalue weighted by Crippen LogP contribution is 2.15. The number of carbonyl (C=O) groups excluding carboxylic acids is 2. The Balaban J connectivity index is 1.54. The molecule has 0 saturated carbocycles. The van der Waals surface area contributed by atoms with Crippen molar-refractivity contribution >= 4 is 17.6 Å². The number of amides is 3. The lowest BCUT2D eigenvalue weighted by molar-refractivity contribution is -0.130. The fourth-order valence-corrected chi connectivity index (χ4v) is 3.71. The van der Waals surface area contributed by atoms with Crippen LogP contribution in [0.25, 0.3) is 0 Å². The Morgan fingerprint density at radius 1 is 0.903 bits per heavy atom. The zero-order chi connectivity index (χ0) is 22.1. The quantitative estimate of drug-likeness (QED) is 0.668. The summed E-state index contributed by atoms with van der Waals surface area (Å²) in [5, 5.41) is 3.02. The van der Waals surface area contributed by atoms with Gasteiger partial charge in [0.15, 0.2) is 0 Å². The van der Waals surface area contributed by atoms with Crippen molar-refractivity contribution in [2.75, 3.05) is 45.6 Å². The molecule has 0 aromatic heterocycles. The smallest absolute Gasteiger partial charge is 0.322 e. The normalized spacial score (nSPS) is 13.5. The van der Waals surface area contributed by atoms with Gasteiger partial charge in [-0.15, -0.1) is 0 Å². The van der Waals surface area contributed by atoms with Crippen molar-refractivity contribution in [1.82, 2.24) is 14.7 Å². The monoisotopic (exact) mass is 422 g/mol. The third-order valence-corrected chi connectivity index (χ3v) is 5.61. The van der Waals surface area contributed by atoms with E-state index < -0.39 is 0 Å². The minimum Gasteiger partial charge on any atom is -0.343 e. The van der Waals surface area contributed by atoms with Gasteiger partial charge >= 0.3 is 6.03 Å². The van der Waals surface area contributed by atoms with Gasteiger partial charge in [-0.3, -0.25) is 4.79 Å². The van der Waals surface area contributed by atoms with E-state index in [2.05, 4.69) is 10.2 Å².